The van der Waals surface area contributed by atoms with E-state index >= 15 is 0 Å². The number of anilines is 2. The Kier molecular flexibility index (Phi) is 6.35. The molecule has 2 amide bonds. The van der Waals surface area contributed by atoms with Gasteiger partial charge < -0.3 is 10.1 Å². The molecule has 0 saturated carbocycles. The Morgan fingerprint density at radius 1 is 1.07 bits per heavy atom. The Morgan fingerprint density at radius 2 is 1.77 bits per heavy atom. The van der Waals surface area contributed by atoms with Gasteiger partial charge >= 0.3 is 5.97 Å². The molecule has 0 spiro atoms. The fraction of sp³-hybridized carbons (Fsp3) is 0.292. The molecule has 0 aromatic heterocycles. The molecule has 156 valence electrons. The first-order valence-electron chi connectivity index (χ1n) is 9.97. The van der Waals surface area contributed by atoms with Crippen LogP contribution in [0.15, 0.2) is 59.8 Å². The predicted octanol–water partition coefficient (Wildman–Crippen LogP) is 4.13. The minimum Gasteiger partial charge on any atom is -0.463 e. The lowest BCUT2D eigenvalue weighted by Crippen LogP contribution is -2.31. The molecule has 2 aromatic rings. The van der Waals surface area contributed by atoms with Crippen molar-refractivity contribution in [3.8, 4) is 0 Å². The summed E-state index contributed by atoms with van der Waals surface area (Å²) in [6.45, 7) is 7.50. The number of nitrogens with one attached hydrogen (secondary N) is 1. The lowest BCUT2D eigenvalue weighted by atomic mass is 9.96. The number of benzene rings is 2. The number of amides is 2. The maximum Gasteiger partial charge on any atom is 0.336 e. The molecular weight excluding hydrogens is 380 g/mol. The van der Waals surface area contributed by atoms with E-state index in [1.807, 2.05) is 50.2 Å². The van der Waals surface area contributed by atoms with E-state index < -0.39 is 11.9 Å². The van der Waals surface area contributed by atoms with Crippen LogP contribution in [-0.4, -0.2) is 24.4 Å². The number of allylic oxidation sites excluding steroid dienone is 1. The van der Waals surface area contributed by atoms with Gasteiger partial charge in [0.05, 0.1) is 18.1 Å². The molecule has 30 heavy (non-hydrogen) atoms. The summed E-state index contributed by atoms with van der Waals surface area (Å²) in [4.78, 5) is 40.1. The highest BCUT2D eigenvalue weighted by atomic mass is 16.5. The van der Waals surface area contributed by atoms with E-state index in [-0.39, 0.29) is 30.4 Å². The van der Waals surface area contributed by atoms with Crippen LogP contribution >= 0.6 is 0 Å². The summed E-state index contributed by atoms with van der Waals surface area (Å²) in [5.41, 5.74) is 4.10. The van der Waals surface area contributed by atoms with E-state index in [4.69, 9.17) is 4.74 Å². The van der Waals surface area contributed by atoms with Crippen LogP contribution in [-0.2, 0) is 19.1 Å². The molecule has 2 aromatic carbocycles. The maximum atomic E-state index is 13.2. The number of esters is 1. The third kappa shape index (κ3) is 4.27. The van der Waals surface area contributed by atoms with E-state index in [9.17, 15) is 14.4 Å². The molecule has 0 radical (unpaired) electrons. The molecule has 0 unspecified atom stereocenters. The molecule has 1 atom stereocenters. The second-order valence-corrected chi connectivity index (χ2v) is 7.35. The second-order valence-electron chi connectivity index (χ2n) is 7.35. The standard InChI is InChI=1S/C24H26N2O4/c1-5-30-24(29)22-17(4)26(18-9-7-6-8-10-18)23(28)19(22)14-21(27)25-20-12-11-15(2)13-16(20)3/h6-13,19H,5,14H2,1-4H3,(H,25,27)/t19-/m1/s1. The van der Waals surface area contributed by atoms with Gasteiger partial charge in [0.25, 0.3) is 0 Å². The number of rotatable bonds is 6. The van der Waals surface area contributed by atoms with Crippen molar-refractivity contribution in [3.05, 3.63) is 70.9 Å². The lowest BCUT2D eigenvalue weighted by molar-refractivity contribution is -0.140. The molecule has 0 fully saturated rings. The maximum absolute atomic E-state index is 13.2. The van der Waals surface area contributed by atoms with Crippen molar-refractivity contribution in [1.29, 1.82) is 0 Å². The van der Waals surface area contributed by atoms with Crippen LogP contribution in [0.1, 0.15) is 31.4 Å². The van der Waals surface area contributed by atoms with Gasteiger partial charge in [0.2, 0.25) is 11.8 Å². The molecule has 0 saturated heterocycles. The zero-order chi connectivity index (χ0) is 21.8. The summed E-state index contributed by atoms with van der Waals surface area (Å²) in [6.07, 6.45) is -0.138. The van der Waals surface area contributed by atoms with Crippen molar-refractivity contribution < 1.29 is 19.1 Å². The number of hydrogen-bond acceptors (Lipinski definition) is 4. The largest absolute Gasteiger partial charge is 0.463 e. The molecule has 1 aliphatic rings. The minimum atomic E-state index is -0.894. The van der Waals surface area contributed by atoms with E-state index in [0.29, 0.717) is 17.1 Å². The Morgan fingerprint density at radius 3 is 2.40 bits per heavy atom. The van der Waals surface area contributed by atoms with Crippen molar-refractivity contribution in [2.45, 2.75) is 34.1 Å². The Labute approximate surface area is 176 Å². The fourth-order valence-corrected chi connectivity index (χ4v) is 3.74. The van der Waals surface area contributed by atoms with Crippen LogP contribution in [0.5, 0.6) is 0 Å². The fourth-order valence-electron chi connectivity index (χ4n) is 3.74. The molecular formula is C24H26N2O4. The molecule has 1 N–H and O–H groups in total. The first-order valence-corrected chi connectivity index (χ1v) is 9.97. The van der Waals surface area contributed by atoms with Gasteiger partial charge in [-0.3, -0.25) is 14.5 Å². The minimum absolute atomic E-state index is 0.138. The molecule has 6 nitrogen and oxygen atoms in total. The van der Waals surface area contributed by atoms with Gasteiger partial charge in [-0.15, -0.1) is 0 Å². The summed E-state index contributed by atoms with van der Waals surface area (Å²) >= 11 is 0. The van der Waals surface area contributed by atoms with Crippen LogP contribution in [0.2, 0.25) is 0 Å². The quantitative estimate of drug-likeness (QED) is 0.732. The number of carbonyl (C=O) groups excluding carboxylic acids is 3. The number of para-hydroxylation sites is 1. The number of nitrogens with zero attached hydrogens (tertiary/aromatic N) is 1. The molecule has 3 rings (SSSR count). The van der Waals surface area contributed by atoms with Crippen LogP contribution in [0.4, 0.5) is 11.4 Å². The van der Waals surface area contributed by atoms with Crippen LogP contribution < -0.4 is 10.2 Å². The zero-order valence-corrected chi connectivity index (χ0v) is 17.7. The van der Waals surface area contributed by atoms with E-state index in [1.54, 1.807) is 26.0 Å². The smallest absolute Gasteiger partial charge is 0.336 e. The summed E-state index contributed by atoms with van der Waals surface area (Å²) in [6, 6.07) is 14.8. The normalized spacial score (nSPS) is 16.1. The highest BCUT2D eigenvalue weighted by Crippen LogP contribution is 2.36. The number of hydrogen-bond donors (Lipinski definition) is 1. The van der Waals surface area contributed by atoms with Gasteiger partial charge in [-0.25, -0.2) is 4.79 Å². The van der Waals surface area contributed by atoms with Gasteiger partial charge in [0.1, 0.15) is 0 Å². The first kappa shape index (κ1) is 21.3. The first-order chi connectivity index (χ1) is 14.3. The van der Waals surface area contributed by atoms with Crippen molar-refractivity contribution in [2.75, 3.05) is 16.8 Å². The van der Waals surface area contributed by atoms with Gasteiger partial charge in [-0.1, -0.05) is 35.9 Å². The number of carbonyl (C=O) groups is 3. The van der Waals surface area contributed by atoms with Crippen molar-refractivity contribution >= 4 is 29.2 Å². The summed E-state index contributed by atoms with van der Waals surface area (Å²) < 4.78 is 5.18. The van der Waals surface area contributed by atoms with Crippen molar-refractivity contribution in [1.82, 2.24) is 0 Å². The van der Waals surface area contributed by atoms with Gasteiger partial charge in [-0.2, -0.15) is 0 Å². The zero-order valence-electron chi connectivity index (χ0n) is 17.7. The Balaban J connectivity index is 1.88. The van der Waals surface area contributed by atoms with Gasteiger partial charge in [-0.05, 0) is 51.5 Å². The van der Waals surface area contributed by atoms with Crippen molar-refractivity contribution in [3.63, 3.8) is 0 Å². The SMILES string of the molecule is CCOC(=O)C1=C(C)N(c2ccccc2)C(=O)[C@@H]1CC(=O)Nc1ccc(C)cc1C. The molecule has 6 heteroatoms. The van der Waals surface area contributed by atoms with E-state index in [2.05, 4.69) is 5.32 Å². The van der Waals surface area contributed by atoms with E-state index in [0.717, 1.165) is 11.1 Å². The summed E-state index contributed by atoms with van der Waals surface area (Å²) in [5, 5.41) is 2.86. The predicted molar refractivity (Wildman–Crippen MR) is 116 cm³/mol. The molecule has 1 aliphatic heterocycles. The molecule has 1 heterocycles. The molecule has 0 aliphatic carbocycles. The Hall–Kier alpha value is -3.41. The second kappa shape index (κ2) is 8.95. The van der Waals surface area contributed by atoms with Gasteiger partial charge in [0.15, 0.2) is 0 Å². The van der Waals surface area contributed by atoms with Crippen molar-refractivity contribution in [2.24, 2.45) is 5.92 Å². The van der Waals surface area contributed by atoms with Crippen LogP contribution in [0.25, 0.3) is 0 Å². The van der Waals surface area contributed by atoms with Gasteiger partial charge in [0, 0.05) is 23.5 Å². The topological polar surface area (TPSA) is 75.7 Å². The third-order valence-electron chi connectivity index (χ3n) is 5.15. The average molecular weight is 406 g/mol. The average Bonchev–Trinajstić information content (AvgIpc) is 2.94. The van der Waals surface area contributed by atoms with E-state index in [1.165, 1.54) is 4.90 Å². The summed E-state index contributed by atoms with van der Waals surface area (Å²) in [5.74, 6) is -2.09. The number of aryl methyl sites for hydroxylation is 2. The third-order valence-corrected chi connectivity index (χ3v) is 5.15. The lowest BCUT2D eigenvalue weighted by Gasteiger charge is -2.19. The Bertz CT molecular complexity index is 1010. The van der Waals surface area contributed by atoms with Crippen LogP contribution in [0, 0.1) is 19.8 Å². The highest BCUT2D eigenvalue weighted by Gasteiger charge is 2.43. The number of ether oxygens (including phenoxy) is 1. The van der Waals surface area contributed by atoms with Crippen LogP contribution in [0.3, 0.4) is 0 Å². The molecule has 0 bridgehead atoms. The summed E-state index contributed by atoms with van der Waals surface area (Å²) in [7, 11) is 0. The monoisotopic (exact) mass is 406 g/mol. The highest BCUT2D eigenvalue weighted by molar-refractivity contribution is 6.12.